The fourth-order valence-electron chi connectivity index (χ4n) is 1.89. The highest BCUT2D eigenvalue weighted by molar-refractivity contribution is 7.98. The number of hydrogen-bond donors (Lipinski definition) is 1. The summed E-state index contributed by atoms with van der Waals surface area (Å²) in [6.45, 7) is 0.443. The fraction of sp³-hybridized carbons (Fsp3) is 0.235. The Balaban J connectivity index is 1.73. The first-order valence-corrected chi connectivity index (χ1v) is 8.41. The van der Waals surface area contributed by atoms with Gasteiger partial charge in [-0.15, -0.1) is 0 Å². The predicted octanol–water partition coefficient (Wildman–Crippen LogP) is 2.67. The smallest absolute Gasteiger partial charge is 0.339 e. The summed E-state index contributed by atoms with van der Waals surface area (Å²) in [5.74, 6) is 0.162. The molecule has 0 atom stereocenters. The third-order valence-corrected chi connectivity index (χ3v) is 4.17. The number of hydrogen-bond acceptors (Lipinski definition) is 5. The summed E-state index contributed by atoms with van der Waals surface area (Å²) < 4.78 is 18.0. The minimum atomic E-state index is -0.501. The van der Waals surface area contributed by atoms with Gasteiger partial charge in [-0.25, -0.2) is 9.18 Å². The Labute approximate surface area is 143 Å². The molecule has 1 aromatic heterocycles. The number of amides is 1. The molecule has 0 spiro atoms. The van der Waals surface area contributed by atoms with Gasteiger partial charge in [0.05, 0.1) is 12.7 Å². The van der Waals surface area contributed by atoms with Crippen LogP contribution in [0.3, 0.4) is 0 Å². The highest BCUT2D eigenvalue weighted by Crippen LogP contribution is 2.14. The first-order chi connectivity index (χ1) is 11.6. The summed E-state index contributed by atoms with van der Waals surface area (Å²) in [5, 5.41) is 2.73. The molecule has 5 nitrogen and oxygen atoms in total. The average Bonchev–Trinajstić information content (AvgIpc) is 2.62. The van der Waals surface area contributed by atoms with E-state index in [1.54, 1.807) is 18.2 Å². The Hall–Kier alpha value is -2.41. The first-order valence-electron chi connectivity index (χ1n) is 7.25. The molecule has 1 N–H and O–H groups in total. The lowest BCUT2D eigenvalue weighted by atomic mass is 10.2. The van der Waals surface area contributed by atoms with Crippen LogP contribution in [-0.2, 0) is 10.5 Å². The van der Waals surface area contributed by atoms with Crippen LogP contribution in [0.15, 0.2) is 42.6 Å². The number of halogens is 1. The second kappa shape index (κ2) is 9.02. The lowest BCUT2D eigenvalue weighted by molar-refractivity contribution is 0.0599. The monoisotopic (exact) mass is 348 g/mol. The van der Waals surface area contributed by atoms with E-state index in [0.29, 0.717) is 23.6 Å². The number of benzene rings is 1. The van der Waals surface area contributed by atoms with Gasteiger partial charge < -0.3 is 10.1 Å². The van der Waals surface area contributed by atoms with Crippen LogP contribution >= 0.6 is 11.8 Å². The van der Waals surface area contributed by atoms with E-state index in [1.165, 1.54) is 43.3 Å². The second-order valence-electron chi connectivity index (χ2n) is 4.82. The quantitative estimate of drug-likeness (QED) is 0.615. The van der Waals surface area contributed by atoms with Gasteiger partial charge in [-0.2, -0.15) is 11.8 Å². The normalized spacial score (nSPS) is 10.2. The van der Waals surface area contributed by atoms with E-state index in [2.05, 4.69) is 15.0 Å². The Bertz CT molecular complexity index is 707. The number of rotatable bonds is 7. The Morgan fingerprint density at radius 2 is 2.04 bits per heavy atom. The minimum Gasteiger partial charge on any atom is -0.465 e. The molecule has 7 heteroatoms. The maximum absolute atomic E-state index is 13.4. The lowest BCUT2D eigenvalue weighted by Gasteiger charge is -2.06. The topological polar surface area (TPSA) is 68.3 Å². The molecule has 24 heavy (non-hydrogen) atoms. The summed E-state index contributed by atoms with van der Waals surface area (Å²) in [4.78, 5) is 27.1. The van der Waals surface area contributed by atoms with E-state index >= 15 is 0 Å². The van der Waals surface area contributed by atoms with Gasteiger partial charge in [-0.1, -0.05) is 18.2 Å². The van der Waals surface area contributed by atoms with Crippen LogP contribution in [0.1, 0.15) is 26.4 Å². The molecule has 0 saturated carbocycles. The molecule has 0 aliphatic carbocycles. The van der Waals surface area contributed by atoms with Crippen molar-refractivity contribution in [3.63, 3.8) is 0 Å². The van der Waals surface area contributed by atoms with Crippen LogP contribution in [0, 0.1) is 5.82 Å². The van der Waals surface area contributed by atoms with E-state index in [4.69, 9.17) is 0 Å². The number of nitrogens with one attached hydrogen (secondary N) is 1. The number of methoxy groups -OCH3 is 1. The Kier molecular flexibility index (Phi) is 6.74. The first kappa shape index (κ1) is 17.9. The van der Waals surface area contributed by atoms with E-state index in [0.717, 1.165) is 0 Å². The number of esters is 1. The second-order valence-corrected chi connectivity index (χ2v) is 5.93. The minimum absolute atomic E-state index is 0.219. The largest absolute Gasteiger partial charge is 0.465 e. The van der Waals surface area contributed by atoms with E-state index in [9.17, 15) is 14.0 Å². The van der Waals surface area contributed by atoms with Gasteiger partial charge >= 0.3 is 5.97 Å². The zero-order chi connectivity index (χ0) is 17.4. The maximum Gasteiger partial charge on any atom is 0.339 e. The molecule has 0 radical (unpaired) electrons. The number of ether oxygens (including phenoxy) is 1. The van der Waals surface area contributed by atoms with Crippen LogP contribution in [0.2, 0.25) is 0 Å². The molecule has 0 saturated heterocycles. The van der Waals surface area contributed by atoms with Crippen molar-refractivity contribution in [1.29, 1.82) is 0 Å². The van der Waals surface area contributed by atoms with Crippen molar-refractivity contribution in [1.82, 2.24) is 10.3 Å². The van der Waals surface area contributed by atoms with Crippen LogP contribution in [0.25, 0.3) is 0 Å². The summed E-state index contributed by atoms with van der Waals surface area (Å²) in [7, 11) is 1.28. The number of aromatic nitrogens is 1. The van der Waals surface area contributed by atoms with Gasteiger partial charge in [0.2, 0.25) is 0 Å². The predicted molar refractivity (Wildman–Crippen MR) is 90.5 cm³/mol. The molecule has 126 valence electrons. The van der Waals surface area contributed by atoms with Crippen LogP contribution < -0.4 is 5.32 Å². The highest BCUT2D eigenvalue weighted by atomic mass is 32.2. The number of nitrogens with zero attached hydrogens (tertiary/aromatic N) is 1. The van der Waals surface area contributed by atoms with E-state index in [1.807, 2.05) is 0 Å². The molecular formula is C17H17FN2O3S. The summed E-state index contributed by atoms with van der Waals surface area (Å²) >= 11 is 1.53. The molecule has 0 unspecified atom stereocenters. The van der Waals surface area contributed by atoms with Crippen molar-refractivity contribution < 1.29 is 18.7 Å². The number of carbonyl (C=O) groups excluding carboxylic acids is 2. The number of pyridine rings is 1. The van der Waals surface area contributed by atoms with Gasteiger partial charge in [0, 0.05) is 24.2 Å². The van der Waals surface area contributed by atoms with Crippen molar-refractivity contribution in [3.05, 3.63) is 65.2 Å². The lowest BCUT2D eigenvalue weighted by Crippen LogP contribution is -2.26. The molecular weight excluding hydrogens is 331 g/mol. The molecule has 0 aliphatic rings. The van der Waals surface area contributed by atoms with Crippen molar-refractivity contribution in [2.75, 3.05) is 19.4 Å². The molecule has 2 aromatic rings. The van der Waals surface area contributed by atoms with Gasteiger partial charge in [0.15, 0.2) is 0 Å². The van der Waals surface area contributed by atoms with Gasteiger partial charge in [0.25, 0.3) is 5.91 Å². The molecule has 0 bridgehead atoms. The summed E-state index contributed by atoms with van der Waals surface area (Å²) in [6.07, 6.45) is 1.30. The molecule has 2 rings (SSSR count). The third-order valence-electron chi connectivity index (χ3n) is 3.16. The van der Waals surface area contributed by atoms with E-state index in [-0.39, 0.29) is 23.0 Å². The molecule has 1 amide bonds. The summed E-state index contributed by atoms with van der Waals surface area (Å²) in [6, 6.07) is 9.58. The number of thioether (sulfide) groups is 1. The summed E-state index contributed by atoms with van der Waals surface area (Å²) in [5.41, 5.74) is 1.16. The van der Waals surface area contributed by atoms with Crippen LogP contribution in [-0.4, -0.2) is 36.3 Å². The molecule has 1 heterocycles. The highest BCUT2D eigenvalue weighted by Gasteiger charge is 2.10. The maximum atomic E-state index is 13.4. The van der Waals surface area contributed by atoms with Gasteiger partial charge in [-0.3, -0.25) is 9.78 Å². The molecule has 0 fully saturated rings. The van der Waals surface area contributed by atoms with Gasteiger partial charge in [-0.05, 0) is 23.8 Å². The van der Waals surface area contributed by atoms with E-state index < -0.39 is 5.97 Å². The zero-order valence-corrected chi connectivity index (χ0v) is 13.9. The number of carbonyl (C=O) groups is 2. The Morgan fingerprint density at radius 1 is 1.25 bits per heavy atom. The standard InChI is InChI=1S/C17H17FN2O3S/c1-23-17(22)12-6-7-15(20-10-12)16(21)19-8-9-24-11-13-4-2-3-5-14(13)18/h2-7,10H,8-9,11H2,1H3,(H,19,21). The van der Waals surface area contributed by atoms with Gasteiger partial charge in [0.1, 0.15) is 11.5 Å². The molecule has 1 aromatic carbocycles. The Morgan fingerprint density at radius 3 is 2.71 bits per heavy atom. The zero-order valence-electron chi connectivity index (χ0n) is 13.1. The van der Waals surface area contributed by atoms with Crippen molar-refractivity contribution >= 4 is 23.6 Å². The average molecular weight is 348 g/mol. The third kappa shape index (κ3) is 5.06. The molecule has 0 aliphatic heterocycles. The van der Waals surface area contributed by atoms with Crippen molar-refractivity contribution in [2.45, 2.75) is 5.75 Å². The van der Waals surface area contributed by atoms with Crippen LogP contribution in [0.4, 0.5) is 4.39 Å². The fourth-order valence-corrected chi connectivity index (χ4v) is 2.74. The van der Waals surface area contributed by atoms with Crippen LogP contribution in [0.5, 0.6) is 0 Å². The van der Waals surface area contributed by atoms with Crippen molar-refractivity contribution in [3.8, 4) is 0 Å². The SMILES string of the molecule is COC(=O)c1ccc(C(=O)NCCSCc2ccccc2F)nc1. The van der Waals surface area contributed by atoms with Crippen molar-refractivity contribution in [2.24, 2.45) is 0 Å².